The molecule has 0 aliphatic carbocycles. The van der Waals surface area contributed by atoms with Gasteiger partial charge in [-0.3, -0.25) is 0 Å². The molecule has 1 aromatic heterocycles. The van der Waals surface area contributed by atoms with Crippen LogP contribution in [0.2, 0.25) is 5.02 Å². The minimum absolute atomic E-state index is 0.685. The summed E-state index contributed by atoms with van der Waals surface area (Å²) in [6, 6.07) is 1.98. The molecule has 0 spiro atoms. The van der Waals surface area contributed by atoms with E-state index >= 15 is 0 Å². The smallest absolute Gasteiger partial charge is 0.144 e. The molecule has 4 heteroatoms. The molecule has 1 aromatic rings. The van der Waals surface area contributed by atoms with Crippen molar-refractivity contribution in [2.45, 2.75) is 40.2 Å². The van der Waals surface area contributed by atoms with Gasteiger partial charge in [0.05, 0.1) is 5.02 Å². The minimum atomic E-state index is 0.685. The zero-order valence-corrected chi connectivity index (χ0v) is 12.3. The Labute approximate surface area is 115 Å². The molecule has 0 bridgehead atoms. The molecule has 0 fully saturated rings. The summed E-state index contributed by atoms with van der Waals surface area (Å²) in [6.07, 6.45) is 4.24. The summed E-state index contributed by atoms with van der Waals surface area (Å²) in [6.45, 7) is 9.21. The Kier molecular flexibility index (Phi) is 7.06. The zero-order chi connectivity index (χ0) is 13.4. The summed E-state index contributed by atoms with van der Waals surface area (Å²) in [5, 5.41) is 7.30. The van der Waals surface area contributed by atoms with Crippen molar-refractivity contribution in [3.63, 3.8) is 0 Å². The Morgan fingerprint density at radius 3 is 2.56 bits per heavy atom. The van der Waals surface area contributed by atoms with Gasteiger partial charge in [-0.1, -0.05) is 45.2 Å². The lowest BCUT2D eigenvalue weighted by molar-refractivity contribution is 0.518. The molecule has 0 atom stereocenters. The number of pyridine rings is 1. The number of halogens is 1. The maximum atomic E-state index is 6.23. The van der Waals surface area contributed by atoms with Crippen LogP contribution < -0.4 is 10.6 Å². The standard InChI is InChI=1S/C14H24ClN3/c1-4-11(5-2)9-17-14-13(15)7-12(10-18-14)8-16-6-3/h7,10-11,16H,4-6,8-9H2,1-3H3,(H,17,18). The maximum absolute atomic E-state index is 6.23. The van der Waals surface area contributed by atoms with Crippen LogP contribution >= 0.6 is 11.6 Å². The molecule has 1 rings (SSSR count). The molecule has 0 aliphatic rings. The predicted molar refractivity (Wildman–Crippen MR) is 79.2 cm³/mol. The highest BCUT2D eigenvalue weighted by molar-refractivity contribution is 6.32. The van der Waals surface area contributed by atoms with E-state index in [1.54, 1.807) is 0 Å². The van der Waals surface area contributed by atoms with Gasteiger partial charge in [0.2, 0.25) is 0 Å². The third-order valence-electron chi connectivity index (χ3n) is 3.19. The van der Waals surface area contributed by atoms with Crippen LogP contribution in [0.25, 0.3) is 0 Å². The Balaban J connectivity index is 2.56. The molecular formula is C14H24ClN3. The quantitative estimate of drug-likeness (QED) is 0.756. The third-order valence-corrected chi connectivity index (χ3v) is 3.48. The molecule has 0 unspecified atom stereocenters. The van der Waals surface area contributed by atoms with Crippen molar-refractivity contribution in [3.8, 4) is 0 Å². The normalized spacial score (nSPS) is 10.9. The van der Waals surface area contributed by atoms with Gasteiger partial charge in [0.25, 0.3) is 0 Å². The summed E-state index contributed by atoms with van der Waals surface area (Å²) < 4.78 is 0. The zero-order valence-electron chi connectivity index (χ0n) is 11.6. The van der Waals surface area contributed by atoms with Crippen LogP contribution in [-0.4, -0.2) is 18.1 Å². The first kappa shape index (κ1) is 15.3. The van der Waals surface area contributed by atoms with Gasteiger partial charge in [0.15, 0.2) is 0 Å². The molecule has 0 amide bonds. The lowest BCUT2D eigenvalue weighted by Gasteiger charge is -2.15. The van der Waals surface area contributed by atoms with Gasteiger partial charge in [0.1, 0.15) is 5.82 Å². The molecule has 0 aromatic carbocycles. The van der Waals surface area contributed by atoms with Crippen LogP contribution in [0.5, 0.6) is 0 Å². The van der Waals surface area contributed by atoms with Gasteiger partial charge < -0.3 is 10.6 Å². The number of hydrogen-bond donors (Lipinski definition) is 2. The largest absolute Gasteiger partial charge is 0.369 e. The van der Waals surface area contributed by atoms with E-state index in [4.69, 9.17) is 11.6 Å². The lowest BCUT2D eigenvalue weighted by Crippen LogP contribution is -2.15. The number of nitrogens with zero attached hydrogens (tertiary/aromatic N) is 1. The number of anilines is 1. The van der Waals surface area contributed by atoms with E-state index in [-0.39, 0.29) is 0 Å². The van der Waals surface area contributed by atoms with Crippen LogP contribution in [0.1, 0.15) is 39.2 Å². The highest BCUT2D eigenvalue weighted by atomic mass is 35.5. The van der Waals surface area contributed by atoms with E-state index in [9.17, 15) is 0 Å². The molecule has 102 valence electrons. The second-order valence-electron chi connectivity index (χ2n) is 4.52. The number of hydrogen-bond acceptors (Lipinski definition) is 3. The van der Waals surface area contributed by atoms with E-state index in [1.807, 2.05) is 12.3 Å². The molecule has 18 heavy (non-hydrogen) atoms. The monoisotopic (exact) mass is 269 g/mol. The molecular weight excluding hydrogens is 246 g/mol. The summed E-state index contributed by atoms with van der Waals surface area (Å²) in [5.74, 6) is 1.48. The fourth-order valence-electron chi connectivity index (χ4n) is 1.79. The molecule has 0 aliphatic heterocycles. The van der Waals surface area contributed by atoms with Crippen LogP contribution in [0.4, 0.5) is 5.82 Å². The van der Waals surface area contributed by atoms with Crippen molar-refractivity contribution in [3.05, 3.63) is 22.8 Å². The van der Waals surface area contributed by atoms with Crippen LogP contribution in [0, 0.1) is 5.92 Å². The maximum Gasteiger partial charge on any atom is 0.144 e. The van der Waals surface area contributed by atoms with Crippen LogP contribution in [0.15, 0.2) is 12.3 Å². The lowest BCUT2D eigenvalue weighted by atomic mass is 10.0. The van der Waals surface area contributed by atoms with E-state index in [1.165, 1.54) is 12.8 Å². The molecule has 1 heterocycles. The van der Waals surface area contributed by atoms with Gasteiger partial charge in [-0.2, -0.15) is 0 Å². The third kappa shape index (κ3) is 4.83. The highest BCUT2D eigenvalue weighted by Gasteiger charge is 2.07. The molecule has 0 radical (unpaired) electrons. The van der Waals surface area contributed by atoms with Gasteiger partial charge in [-0.05, 0) is 24.1 Å². The van der Waals surface area contributed by atoms with Gasteiger partial charge in [-0.15, -0.1) is 0 Å². The topological polar surface area (TPSA) is 37.0 Å². The Hall–Kier alpha value is -0.800. The molecule has 0 saturated heterocycles. The summed E-state index contributed by atoms with van der Waals surface area (Å²) in [5.41, 5.74) is 1.12. The average Bonchev–Trinajstić information content (AvgIpc) is 2.39. The summed E-state index contributed by atoms with van der Waals surface area (Å²) in [4.78, 5) is 4.39. The van der Waals surface area contributed by atoms with E-state index in [0.29, 0.717) is 10.9 Å². The van der Waals surface area contributed by atoms with Crippen LogP contribution in [-0.2, 0) is 6.54 Å². The van der Waals surface area contributed by atoms with Gasteiger partial charge in [0, 0.05) is 19.3 Å². The SMILES string of the molecule is CCNCc1cnc(NCC(CC)CC)c(Cl)c1. The summed E-state index contributed by atoms with van der Waals surface area (Å²) in [7, 11) is 0. The van der Waals surface area contributed by atoms with Crippen molar-refractivity contribution in [2.24, 2.45) is 5.92 Å². The summed E-state index contributed by atoms with van der Waals surface area (Å²) >= 11 is 6.23. The fraction of sp³-hybridized carbons (Fsp3) is 0.643. The van der Waals surface area contributed by atoms with Crippen molar-refractivity contribution < 1.29 is 0 Å². The van der Waals surface area contributed by atoms with Crippen molar-refractivity contribution >= 4 is 17.4 Å². The number of aromatic nitrogens is 1. The Morgan fingerprint density at radius 2 is 2.00 bits per heavy atom. The first-order valence-corrected chi connectivity index (χ1v) is 7.18. The highest BCUT2D eigenvalue weighted by Crippen LogP contribution is 2.21. The fourth-order valence-corrected chi connectivity index (χ4v) is 2.05. The Morgan fingerprint density at radius 1 is 1.28 bits per heavy atom. The first-order valence-electron chi connectivity index (χ1n) is 6.80. The molecule has 2 N–H and O–H groups in total. The molecule has 0 saturated carbocycles. The van der Waals surface area contributed by atoms with Crippen molar-refractivity contribution in [1.82, 2.24) is 10.3 Å². The van der Waals surface area contributed by atoms with Crippen molar-refractivity contribution in [1.29, 1.82) is 0 Å². The Bertz CT molecular complexity index is 351. The van der Waals surface area contributed by atoms with E-state index < -0.39 is 0 Å². The van der Waals surface area contributed by atoms with E-state index in [0.717, 1.165) is 31.0 Å². The second kappa shape index (κ2) is 8.33. The van der Waals surface area contributed by atoms with E-state index in [2.05, 4.69) is 36.4 Å². The minimum Gasteiger partial charge on any atom is -0.369 e. The predicted octanol–water partition coefficient (Wildman–Crippen LogP) is 3.69. The second-order valence-corrected chi connectivity index (χ2v) is 4.92. The average molecular weight is 270 g/mol. The number of rotatable bonds is 8. The first-order chi connectivity index (χ1) is 8.71. The van der Waals surface area contributed by atoms with Crippen molar-refractivity contribution in [2.75, 3.05) is 18.4 Å². The number of nitrogens with one attached hydrogen (secondary N) is 2. The van der Waals surface area contributed by atoms with Gasteiger partial charge >= 0.3 is 0 Å². The van der Waals surface area contributed by atoms with Crippen LogP contribution in [0.3, 0.4) is 0 Å². The molecule has 3 nitrogen and oxygen atoms in total. The van der Waals surface area contributed by atoms with Gasteiger partial charge in [-0.25, -0.2) is 4.98 Å².